The number of aliphatic hydroxyl groups excluding tert-OH is 4. The quantitative estimate of drug-likeness (QED) is 0.0991. The zero-order chi connectivity index (χ0) is 33.9. The van der Waals surface area contributed by atoms with E-state index >= 15 is 0 Å². The number of Topliss-reactive ketones (excluding diaryl/α,β-unsaturated/α-hetero) is 1. The van der Waals surface area contributed by atoms with Crippen LogP contribution in [0, 0.1) is 0 Å². The standard InChI is InChI=1S/C19H18ClNO5S.C14H21NO4/c20-13-5-6-14(26-11-16(24)21(7-9-22)8-10-23)19-17(13)18(25)12-3-1-2-4-15(12)27-19;1-14(2,19)13(18)11-3-5-12(6-4-11)15(7-9-16)8-10-17/h1-6,22-23H,7-11H2;3-6,16-17,19H,7-10H2,1-2H3. The van der Waals surface area contributed by atoms with Gasteiger partial charge in [0.15, 0.2) is 17.8 Å². The van der Waals surface area contributed by atoms with Crippen LogP contribution in [-0.2, 0) is 4.79 Å². The van der Waals surface area contributed by atoms with E-state index in [0.29, 0.717) is 44.9 Å². The number of ketones is 1. The average molecular weight is 675 g/mol. The third-order valence-electron chi connectivity index (χ3n) is 6.88. The number of rotatable bonds is 14. The third-order valence-corrected chi connectivity index (χ3v) is 8.38. The van der Waals surface area contributed by atoms with E-state index in [-0.39, 0.29) is 63.2 Å². The van der Waals surface area contributed by atoms with Gasteiger partial charge in [-0.2, -0.15) is 0 Å². The van der Waals surface area contributed by atoms with Gasteiger partial charge in [0, 0.05) is 47.5 Å². The van der Waals surface area contributed by atoms with Crippen LogP contribution >= 0.6 is 22.9 Å². The highest BCUT2D eigenvalue weighted by molar-refractivity contribution is 7.25. The van der Waals surface area contributed by atoms with Crippen LogP contribution in [0.4, 0.5) is 5.69 Å². The van der Waals surface area contributed by atoms with Crippen molar-refractivity contribution < 1.29 is 39.9 Å². The normalized spacial score (nSPS) is 11.2. The van der Waals surface area contributed by atoms with Gasteiger partial charge in [-0.05, 0) is 62.4 Å². The molecule has 0 atom stereocenters. The highest BCUT2D eigenvalue weighted by Gasteiger charge is 2.25. The van der Waals surface area contributed by atoms with E-state index in [1.54, 1.807) is 48.5 Å². The number of hydrogen-bond acceptors (Lipinski definition) is 11. The molecule has 0 saturated carbocycles. The number of anilines is 1. The Balaban J connectivity index is 0.000000268. The number of nitrogens with zero attached hydrogens (tertiary/aromatic N) is 2. The molecule has 46 heavy (non-hydrogen) atoms. The summed E-state index contributed by atoms with van der Waals surface area (Å²) in [5.74, 6) is -0.312. The highest BCUT2D eigenvalue weighted by atomic mass is 35.5. The zero-order valence-corrected chi connectivity index (χ0v) is 27.3. The number of carbonyl (C=O) groups excluding carboxylic acids is 2. The van der Waals surface area contributed by atoms with Crippen molar-refractivity contribution in [3.05, 3.63) is 81.5 Å². The van der Waals surface area contributed by atoms with Gasteiger partial charge in [0.25, 0.3) is 5.91 Å². The lowest BCUT2D eigenvalue weighted by atomic mass is 9.97. The maximum Gasteiger partial charge on any atom is 0.260 e. The molecule has 248 valence electrons. The highest BCUT2D eigenvalue weighted by Crippen LogP contribution is 2.35. The first-order chi connectivity index (χ1) is 22.0. The Labute approximate surface area is 275 Å². The van der Waals surface area contributed by atoms with Crippen molar-refractivity contribution in [1.29, 1.82) is 0 Å². The predicted molar refractivity (Wildman–Crippen MR) is 180 cm³/mol. The Bertz CT molecular complexity index is 1660. The summed E-state index contributed by atoms with van der Waals surface area (Å²) in [7, 11) is 0. The summed E-state index contributed by atoms with van der Waals surface area (Å²) in [6.45, 7) is 3.26. The maximum absolute atomic E-state index is 12.8. The molecule has 0 saturated heterocycles. The minimum Gasteiger partial charge on any atom is -0.482 e. The van der Waals surface area contributed by atoms with E-state index in [1.165, 1.54) is 30.1 Å². The molecule has 1 amide bonds. The van der Waals surface area contributed by atoms with Crippen molar-refractivity contribution in [3.8, 4) is 5.75 Å². The number of amides is 1. The van der Waals surface area contributed by atoms with Gasteiger partial charge in [0.2, 0.25) is 0 Å². The average Bonchev–Trinajstić information content (AvgIpc) is 3.04. The maximum atomic E-state index is 12.8. The van der Waals surface area contributed by atoms with Crippen LogP contribution in [0.25, 0.3) is 20.2 Å². The van der Waals surface area contributed by atoms with Crippen LogP contribution in [0.1, 0.15) is 24.2 Å². The Morgan fingerprint density at radius 3 is 2.00 bits per heavy atom. The smallest absolute Gasteiger partial charge is 0.260 e. The lowest BCUT2D eigenvalue weighted by Crippen LogP contribution is -2.38. The number of carbonyl (C=O) groups is 2. The minimum absolute atomic E-state index is 0.00957. The minimum atomic E-state index is -1.39. The summed E-state index contributed by atoms with van der Waals surface area (Å²) in [4.78, 5) is 40.1. The second-order valence-electron chi connectivity index (χ2n) is 10.7. The molecule has 4 aromatic rings. The van der Waals surface area contributed by atoms with E-state index in [0.717, 1.165) is 10.4 Å². The molecule has 11 nitrogen and oxygen atoms in total. The first-order valence-electron chi connectivity index (χ1n) is 14.6. The molecule has 5 N–H and O–H groups in total. The van der Waals surface area contributed by atoms with E-state index in [4.69, 9.17) is 36.8 Å². The summed E-state index contributed by atoms with van der Waals surface area (Å²) in [5.41, 5.74) is -0.319. The monoisotopic (exact) mass is 674 g/mol. The third kappa shape index (κ3) is 9.46. The van der Waals surface area contributed by atoms with Gasteiger partial charge >= 0.3 is 0 Å². The van der Waals surface area contributed by atoms with Crippen LogP contribution in [0.15, 0.2) is 65.5 Å². The van der Waals surface area contributed by atoms with E-state index in [1.807, 2.05) is 17.0 Å². The molecule has 3 aromatic carbocycles. The molecule has 0 radical (unpaired) electrons. The van der Waals surface area contributed by atoms with Crippen molar-refractivity contribution in [1.82, 2.24) is 4.90 Å². The lowest BCUT2D eigenvalue weighted by molar-refractivity contribution is -0.134. The van der Waals surface area contributed by atoms with E-state index in [2.05, 4.69) is 0 Å². The fourth-order valence-electron chi connectivity index (χ4n) is 4.58. The number of halogens is 1. The van der Waals surface area contributed by atoms with Gasteiger partial charge < -0.3 is 40.1 Å². The zero-order valence-electron chi connectivity index (χ0n) is 25.7. The van der Waals surface area contributed by atoms with Crippen LogP contribution in [-0.4, -0.2) is 107 Å². The van der Waals surface area contributed by atoms with Gasteiger partial charge in [-0.3, -0.25) is 14.4 Å². The summed E-state index contributed by atoms with van der Waals surface area (Å²) >= 11 is 7.62. The SMILES string of the molecule is CC(C)(O)C(=O)c1ccc(N(CCO)CCO)cc1.O=C(COc1ccc(Cl)c2c(=O)c3ccccc3sc12)N(CCO)CCO. The molecule has 0 aliphatic carbocycles. The molecule has 0 bridgehead atoms. The summed E-state index contributed by atoms with van der Waals surface area (Å²) in [6, 6.07) is 17.2. The molecular weight excluding hydrogens is 636 g/mol. The fraction of sp³-hybridized carbons (Fsp3) is 0.364. The van der Waals surface area contributed by atoms with Crippen molar-refractivity contribution in [2.45, 2.75) is 19.4 Å². The second-order valence-corrected chi connectivity index (χ2v) is 12.1. The Morgan fingerprint density at radius 1 is 0.848 bits per heavy atom. The van der Waals surface area contributed by atoms with Gasteiger partial charge in [-0.25, -0.2) is 0 Å². The molecule has 13 heteroatoms. The molecule has 4 rings (SSSR count). The number of hydrogen-bond donors (Lipinski definition) is 5. The first-order valence-corrected chi connectivity index (χ1v) is 15.8. The van der Waals surface area contributed by atoms with Crippen LogP contribution in [0.2, 0.25) is 5.02 Å². The number of aliphatic hydroxyl groups is 5. The van der Waals surface area contributed by atoms with Crippen LogP contribution in [0.5, 0.6) is 5.75 Å². The van der Waals surface area contributed by atoms with Crippen molar-refractivity contribution >= 4 is 60.5 Å². The Hall–Kier alpha value is -3.62. The molecule has 0 spiro atoms. The van der Waals surface area contributed by atoms with Gasteiger partial charge in [0.05, 0.1) is 41.5 Å². The van der Waals surface area contributed by atoms with E-state index in [9.17, 15) is 19.5 Å². The topological polar surface area (TPSA) is 168 Å². The molecule has 0 aliphatic heterocycles. The summed E-state index contributed by atoms with van der Waals surface area (Å²) < 4.78 is 7.05. The molecule has 0 fully saturated rings. The molecule has 0 unspecified atom stereocenters. The summed E-state index contributed by atoms with van der Waals surface area (Å²) in [5, 5.41) is 46.9. The fourth-order valence-corrected chi connectivity index (χ4v) is 6.04. The van der Waals surface area contributed by atoms with Crippen LogP contribution < -0.4 is 15.1 Å². The Morgan fingerprint density at radius 2 is 1.43 bits per heavy atom. The molecule has 1 heterocycles. The van der Waals surface area contributed by atoms with Crippen molar-refractivity contribution in [3.63, 3.8) is 0 Å². The largest absolute Gasteiger partial charge is 0.482 e. The van der Waals surface area contributed by atoms with E-state index < -0.39 is 5.60 Å². The summed E-state index contributed by atoms with van der Waals surface area (Å²) in [6.07, 6.45) is 0. The second kappa shape index (κ2) is 17.3. The predicted octanol–water partition coefficient (Wildman–Crippen LogP) is 2.69. The van der Waals surface area contributed by atoms with Crippen LogP contribution in [0.3, 0.4) is 0 Å². The number of fused-ring (bicyclic) bond motifs is 2. The first kappa shape index (κ1) is 36.8. The molecule has 0 aliphatic rings. The molecule has 1 aromatic heterocycles. The number of ether oxygens (including phenoxy) is 1. The number of benzene rings is 3. The van der Waals surface area contributed by atoms with Crippen molar-refractivity contribution in [2.75, 3.05) is 64.1 Å². The Kier molecular flexibility index (Phi) is 13.9. The lowest BCUT2D eigenvalue weighted by Gasteiger charge is -2.23. The van der Waals surface area contributed by atoms with Gasteiger partial charge in [-0.15, -0.1) is 11.3 Å². The van der Waals surface area contributed by atoms with Gasteiger partial charge in [-0.1, -0.05) is 23.7 Å². The van der Waals surface area contributed by atoms with Gasteiger partial charge in [0.1, 0.15) is 11.4 Å². The molecular formula is C33H39ClN2O9S. The van der Waals surface area contributed by atoms with Crippen molar-refractivity contribution in [2.24, 2.45) is 0 Å².